The molecule has 0 spiro atoms. The van der Waals surface area contributed by atoms with Crippen LogP contribution in [-0.4, -0.2) is 20.2 Å². The molecule has 1 atom stereocenters. The lowest BCUT2D eigenvalue weighted by atomic mass is 10.2. The van der Waals surface area contributed by atoms with Gasteiger partial charge in [-0.1, -0.05) is 12.8 Å². The Hall–Kier alpha value is -0.970. The van der Waals surface area contributed by atoms with Gasteiger partial charge >= 0.3 is 0 Å². The minimum absolute atomic E-state index is 0.0778. The summed E-state index contributed by atoms with van der Waals surface area (Å²) in [5.74, 6) is 1.77. The molecule has 1 aromatic heterocycles. The lowest BCUT2D eigenvalue weighted by Gasteiger charge is -2.05. The van der Waals surface area contributed by atoms with Gasteiger partial charge in [-0.15, -0.1) is 5.10 Å². The lowest BCUT2D eigenvalue weighted by molar-refractivity contribution is 0.495. The summed E-state index contributed by atoms with van der Waals surface area (Å²) in [5.41, 5.74) is 5.74. The Kier molecular flexibility index (Phi) is 2.77. The van der Waals surface area contributed by atoms with Crippen LogP contribution < -0.4 is 5.73 Å². The summed E-state index contributed by atoms with van der Waals surface area (Å²) in [6.45, 7) is 2.81. The second-order valence-corrected chi connectivity index (χ2v) is 4.13. The number of hydrogen-bond acceptors (Lipinski definition) is 4. The lowest BCUT2D eigenvalue weighted by Crippen LogP contribution is -2.14. The summed E-state index contributed by atoms with van der Waals surface area (Å²) in [7, 11) is 0. The monoisotopic (exact) mass is 195 g/mol. The Morgan fingerprint density at radius 2 is 2.36 bits per heavy atom. The first-order valence-electron chi connectivity index (χ1n) is 5.29. The van der Waals surface area contributed by atoms with Crippen molar-refractivity contribution < 1.29 is 0 Å². The Bertz CT molecular complexity index is 289. The maximum atomic E-state index is 5.74. The first-order chi connectivity index (χ1) is 6.77. The number of nitrogens with two attached hydrogens (primary N) is 1. The molecule has 1 fully saturated rings. The molecule has 0 aromatic carbocycles. The number of nitrogens with zero attached hydrogens (tertiary/aromatic N) is 4. The average Bonchev–Trinajstić information content (AvgIpc) is 2.82. The molecule has 0 aliphatic heterocycles. The first kappa shape index (κ1) is 9.58. The molecule has 1 heterocycles. The fourth-order valence-electron chi connectivity index (χ4n) is 1.63. The zero-order chi connectivity index (χ0) is 9.97. The predicted octanol–water partition coefficient (Wildman–Crippen LogP) is 0.883. The molecule has 5 nitrogen and oxygen atoms in total. The highest BCUT2D eigenvalue weighted by molar-refractivity contribution is 4.87. The molecule has 0 saturated heterocycles. The number of aromatic nitrogens is 4. The largest absolute Gasteiger partial charge is 0.322 e. The minimum Gasteiger partial charge on any atom is -0.322 e. The van der Waals surface area contributed by atoms with Gasteiger partial charge in [0.05, 0.1) is 6.04 Å². The van der Waals surface area contributed by atoms with E-state index >= 15 is 0 Å². The fourth-order valence-corrected chi connectivity index (χ4v) is 1.63. The number of tetrazole rings is 1. The van der Waals surface area contributed by atoms with E-state index in [-0.39, 0.29) is 6.04 Å². The molecule has 1 aromatic rings. The maximum Gasteiger partial charge on any atom is 0.167 e. The van der Waals surface area contributed by atoms with Crippen molar-refractivity contribution in [1.29, 1.82) is 0 Å². The van der Waals surface area contributed by atoms with Crippen LogP contribution in [0.1, 0.15) is 44.5 Å². The Morgan fingerprint density at radius 3 is 3.00 bits per heavy atom. The second-order valence-electron chi connectivity index (χ2n) is 4.13. The summed E-state index contributed by atoms with van der Waals surface area (Å²) in [4.78, 5) is 0. The highest BCUT2D eigenvalue weighted by Gasteiger charge is 2.20. The topological polar surface area (TPSA) is 69.6 Å². The first-order valence-corrected chi connectivity index (χ1v) is 5.29. The van der Waals surface area contributed by atoms with Gasteiger partial charge in [0, 0.05) is 6.54 Å². The fraction of sp³-hybridized carbons (Fsp3) is 0.889. The number of aryl methyl sites for hydroxylation is 1. The van der Waals surface area contributed by atoms with E-state index in [2.05, 4.69) is 15.5 Å². The third-order valence-electron chi connectivity index (χ3n) is 2.65. The van der Waals surface area contributed by atoms with Crippen LogP contribution in [0.4, 0.5) is 0 Å². The van der Waals surface area contributed by atoms with Crippen molar-refractivity contribution in [3.05, 3.63) is 5.82 Å². The third kappa shape index (κ3) is 2.29. The third-order valence-corrected chi connectivity index (χ3v) is 2.65. The highest BCUT2D eigenvalue weighted by Crippen LogP contribution is 2.33. The van der Waals surface area contributed by atoms with Crippen LogP contribution >= 0.6 is 0 Å². The van der Waals surface area contributed by atoms with Gasteiger partial charge in [0.1, 0.15) is 0 Å². The van der Waals surface area contributed by atoms with Crippen LogP contribution in [0.3, 0.4) is 0 Å². The quantitative estimate of drug-likeness (QED) is 0.757. The van der Waals surface area contributed by atoms with E-state index in [1.165, 1.54) is 19.3 Å². The van der Waals surface area contributed by atoms with Crippen molar-refractivity contribution in [2.45, 2.75) is 45.2 Å². The SMILES string of the molecule is CC(N)c1nnnn1CCCC1CC1. The Morgan fingerprint density at radius 1 is 1.57 bits per heavy atom. The molecule has 0 radical (unpaired) electrons. The van der Waals surface area contributed by atoms with E-state index < -0.39 is 0 Å². The van der Waals surface area contributed by atoms with Gasteiger partial charge in [-0.25, -0.2) is 4.68 Å². The summed E-state index contributed by atoms with van der Waals surface area (Å²) < 4.78 is 1.83. The summed E-state index contributed by atoms with van der Waals surface area (Å²) >= 11 is 0. The molecule has 1 aliphatic carbocycles. The van der Waals surface area contributed by atoms with Crippen LogP contribution in [0.5, 0.6) is 0 Å². The van der Waals surface area contributed by atoms with Gasteiger partial charge in [-0.2, -0.15) is 0 Å². The van der Waals surface area contributed by atoms with Crippen molar-refractivity contribution >= 4 is 0 Å². The molecule has 1 aliphatic rings. The van der Waals surface area contributed by atoms with Crippen LogP contribution in [0.2, 0.25) is 0 Å². The van der Waals surface area contributed by atoms with E-state index in [0.29, 0.717) is 0 Å². The minimum atomic E-state index is -0.0778. The standard InChI is InChI=1S/C9H17N5/c1-7(10)9-11-12-13-14(9)6-2-3-8-4-5-8/h7-8H,2-6,10H2,1H3. The molecule has 78 valence electrons. The van der Waals surface area contributed by atoms with E-state index in [9.17, 15) is 0 Å². The smallest absolute Gasteiger partial charge is 0.167 e. The number of hydrogen-bond donors (Lipinski definition) is 1. The van der Waals surface area contributed by atoms with Gasteiger partial charge in [0.2, 0.25) is 0 Å². The van der Waals surface area contributed by atoms with Crippen LogP contribution in [0.25, 0.3) is 0 Å². The zero-order valence-corrected chi connectivity index (χ0v) is 8.56. The van der Waals surface area contributed by atoms with Crippen molar-refractivity contribution in [1.82, 2.24) is 20.2 Å². The Labute approximate surface area is 83.7 Å². The molecular weight excluding hydrogens is 178 g/mol. The normalized spacial score (nSPS) is 18.4. The molecule has 0 amide bonds. The van der Waals surface area contributed by atoms with E-state index in [1.54, 1.807) is 0 Å². The Balaban J connectivity index is 1.84. The van der Waals surface area contributed by atoms with Crippen molar-refractivity contribution in [3.8, 4) is 0 Å². The summed E-state index contributed by atoms with van der Waals surface area (Å²) in [6, 6.07) is -0.0778. The van der Waals surface area contributed by atoms with E-state index in [0.717, 1.165) is 24.7 Å². The molecule has 1 unspecified atom stereocenters. The van der Waals surface area contributed by atoms with E-state index in [4.69, 9.17) is 5.73 Å². The van der Waals surface area contributed by atoms with Crippen LogP contribution in [-0.2, 0) is 6.54 Å². The molecule has 14 heavy (non-hydrogen) atoms. The zero-order valence-electron chi connectivity index (χ0n) is 8.56. The molecule has 1 saturated carbocycles. The predicted molar refractivity (Wildman–Crippen MR) is 52.4 cm³/mol. The molecule has 2 rings (SSSR count). The van der Waals surface area contributed by atoms with Crippen molar-refractivity contribution in [2.24, 2.45) is 11.7 Å². The molecule has 2 N–H and O–H groups in total. The van der Waals surface area contributed by atoms with Crippen molar-refractivity contribution in [3.63, 3.8) is 0 Å². The molecule has 0 bridgehead atoms. The van der Waals surface area contributed by atoms with Gasteiger partial charge in [0.25, 0.3) is 0 Å². The second kappa shape index (κ2) is 4.04. The molecular formula is C9H17N5. The van der Waals surface area contributed by atoms with Gasteiger partial charge in [0.15, 0.2) is 5.82 Å². The summed E-state index contributed by atoms with van der Waals surface area (Å²) in [5, 5.41) is 11.5. The van der Waals surface area contributed by atoms with Crippen LogP contribution in [0, 0.1) is 5.92 Å². The highest BCUT2D eigenvalue weighted by atomic mass is 15.5. The summed E-state index contributed by atoms with van der Waals surface area (Å²) in [6.07, 6.45) is 5.29. The van der Waals surface area contributed by atoms with Crippen molar-refractivity contribution in [2.75, 3.05) is 0 Å². The average molecular weight is 195 g/mol. The van der Waals surface area contributed by atoms with Gasteiger partial charge in [-0.05, 0) is 36.1 Å². The maximum absolute atomic E-state index is 5.74. The van der Waals surface area contributed by atoms with Gasteiger partial charge < -0.3 is 5.73 Å². The molecule has 5 heteroatoms. The van der Waals surface area contributed by atoms with Gasteiger partial charge in [-0.3, -0.25) is 0 Å². The van der Waals surface area contributed by atoms with Crippen LogP contribution in [0.15, 0.2) is 0 Å². The number of rotatable bonds is 5. The van der Waals surface area contributed by atoms with E-state index in [1.807, 2.05) is 11.6 Å².